The van der Waals surface area contributed by atoms with Gasteiger partial charge in [0.05, 0.1) is 16.3 Å². The second-order valence-corrected chi connectivity index (χ2v) is 8.09. The molecule has 1 aromatic carbocycles. The van der Waals surface area contributed by atoms with E-state index in [-0.39, 0.29) is 27.8 Å². The first kappa shape index (κ1) is 18.6. The zero-order valence-corrected chi connectivity index (χ0v) is 16.2. The van der Waals surface area contributed by atoms with Crippen LogP contribution in [-0.4, -0.2) is 17.5 Å². The lowest BCUT2D eigenvalue weighted by molar-refractivity contribution is -0.116. The molecule has 2 amide bonds. The van der Waals surface area contributed by atoms with Crippen LogP contribution in [0.4, 0.5) is 0 Å². The van der Waals surface area contributed by atoms with Crippen LogP contribution >= 0.6 is 23.2 Å². The number of halogens is 2. The Balaban J connectivity index is 1.93. The highest BCUT2D eigenvalue weighted by Crippen LogP contribution is 2.38. The molecule has 2 aliphatic rings. The van der Waals surface area contributed by atoms with Gasteiger partial charge in [-0.3, -0.25) is 9.59 Å². The van der Waals surface area contributed by atoms with Crippen LogP contribution in [-0.2, 0) is 4.79 Å². The first-order chi connectivity index (χ1) is 12.1. The normalized spacial score (nSPS) is 21.0. The summed E-state index contributed by atoms with van der Waals surface area (Å²) in [5, 5.41) is 3.54. The van der Waals surface area contributed by atoms with E-state index < -0.39 is 5.91 Å². The van der Waals surface area contributed by atoms with Crippen molar-refractivity contribution in [3.05, 3.63) is 69.4 Å². The van der Waals surface area contributed by atoms with Crippen LogP contribution in [0, 0.1) is 11.3 Å². The Morgan fingerprint density at radius 2 is 1.92 bits per heavy atom. The van der Waals surface area contributed by atoms with Gasteiger partial charge >= 0.3 is 0 Å². The number of fused-ring (bicyclic) bond motifs is 1. The Kier molecular flexibility index (Phi) is 4.91. The van der Waals surface area contributed by atoms with Crippen molar-refractivity contribution in [3.63, 3.8) is 0 Å². The van der Waals surface area contributed by atoms with Crippen LogP contribution in [0.3, 0.4) is 0 Å². The fourth-order valence-corrected chi connectivity index (χ4v) is 3.35. The fraction of sp³-hybridized carbons (Fsp3) is 0.250. The van der Waals surface area contributed by atoms with Crippen molar-refractivity contribution in [2.45, 2.75) is 20.8 Å². The van der Waals surface area contributed by atoms with Gasteiger partial charge in [0.1, 0.15) is 0 Å². The maximum atomic E-state index is 12.4. The van der Waals surface area contributed by atoms with Gasteiger partial charge in [0.2, 0.25) is 5.91 Å². The van der Waals surface area contributed by atoms with Gasteiger partial charge in [-0.25, -0.2) is 4.99 Å². The Labute approximate surface area is 162 Å². The summed E-state index contributed by atoms with van der Waals surface area (Å²) in [6, 6.07) is 4.66. The second-order valence-electron chi connectivity index (χ2n) is 7.24. The molecule has 1 heterocycles. The van der Waals surface area contributed by atoms with Crippen molar-refractivity contribution < 1.29 is 9.59 Å². The molecule has 26 heavy (non-hydrogen) atoms. The van der Waals surface area contributed by atoms with Crippen molar-refractivity contribution in [2.24, 2.45) is 16.3 Å². The second kappa shape index (κ2) is 6.86. The minimum Gasteiger partial charge on any atom is -0.325 e. The van der Waals surface area contributed by atoms with Gasteiger partial charge in [-0.2, -0.15) is 0 Å². The third kappa shape index (κ3) is 3.81. The molecule has 1 aliphatic carbocycles. The average Bonchev–Trinajstić information content (AvgIpc) is 2.55. The molecule has 0 saturated carbocycles. The number of aliphatic imine (C=N–C) groups is 1. The largest absolute Gasteiger partial charge is 0.325 e. The van der Waals surface area contributed by atoms with Crippen molar-refractivity contribution in [1.82, 2.24) is 5.32 Å². The first-order valence-electron chi connectivity index (χ1n) is 8.16. The summed E-state index contributed by atoms with van der Waals surface area (Å²) in [5.41, 5.74) is 2.28. The van der Waals surface area contributed by atoms with Crippen molar-refractivity contribution in [1.29, 1.82) is 0 Å². The molecule has 0 fully saturated rings. The number of benzene rings is 1. The van der Waals surface area contributed by atoms with E-state index in [9.17, 15) is 9.59 Å². The summed E-state index contributed by atoms with van der Waals surface area (Å²) in [6.07, 6.45) is 7.09. The molecule has 0 aromatic heterocycles. The van der Waals surface area contributed by atoms with Crippen LogP contribution in [0.25, 0.3) is 0 Å². The molecule has 1 unspecified atom stereocenters. The SMILES string of the molecule is CC(C)(C)C1=CC(=O)NC2=CC(=NC(=O)c3cc(Cl)ccc3Cl)C=CC21. The van der Waals surface area contributed by atoms with Gasteiger partial charge in [0, 0.05) is 22.7 Å². The minimum atomic E-state index is -0.485. The Bertz CT molecular complexity index is 918. The molecule has 1 atom stereocenters. The summed E-state index contributed by atoms with van der Waals surface area (Å²) < 4.78 is 0. The topological polar surface area (TPSA) is 58.5 Å². The summed E-state index contributed by atoms with van der Waals surface area (Å²) in [7, 11) is 0. The standard InChI is InChI=1S/C20H18Cl2N2O2/c1-20(2,3)15-10-18(25)24-17-9-12(5-6-13(15)17)23-19(26)14-8-11(21)4-7-16(14)22/h4-10,13H,1-3H3,(H,24,25). The van der Waals surface area contributed by atoms with E-state index in [1.807, 2.05) is 6.08 Å². The lowest BCUT2D eigenvalue weighted by Crippen LogP contribution is -2.36. The zero-order valence-electron chi connectivity index (χ0n) is 14.6. The maximum Gasteiger partial charge on any atom is 0.279 e. The molecular formula is C20H18Cl2N2O2. The molecule has 0 radical (unpaired) electrons. The van der Waals surface area contributed by atoms with Crippen LogP contribution in [0.1, 0.15) is 31.1 Å². The van der Waals surface area contributed by atoms with Crippen LogP contribution in [0.15, 0.2) is 58.8 Å². The van der Waals surface area contributed by atoms with Gasteiger partial charge in [-0.15, -0.1) is 0 Å². The van der Waals surface area contributed by atoms with E-state index in [0.717, 1.165) is 5.57 Å². The Hall–Kier alpha value is -2.17. The van der Waals surface area contributed by atoms with E-state index >= 15 is 0 Å². The highest BCUT2D eigenvalue weighted by molar-refractivity contribution is 6.36. The molecule has 3 rings (SSSR count). The number of carbonyl (C=O) groups is 2. The zero-order chi connectivity index (χ0) is 19.1. The number of rotatable bonds is 1. The third-order valence-corrected chi connectivity index (χ3v) is 4.81. The fourth-order valence-electron chi connectivity index (χ4n) is 2.98. The molecule has 1 aromatic rings. The molecule has 6 heteroatoms. The van der Waals surface area contributed by atoms with Crippen LogP contribution in [0.5, 0.6) is 0 Å². The van der Waals surface area contributed by atoms with Crippen LogP contribution < -0.4 is 5.32 Å². The maximum absolute atomic E-state index is 12.4. The molecule has 0 saturated heterocycles. The van der Waals surface area contributed by atoms with Crippen LogP contribution in [0.2, 0.25) is 10.0 Å². The Morgan fingerprint density at radius 3 is 2.62 bits per heavy atom. The van der Waals surface area contributed by atoms with Gasteiger partial charge < -0.3 is 5.32 Å². The molecule has 1 aliphatic heterocycles. The quantitative estimate of drug-likeness (QED) is 0.754. The molecule has 4 nitrogen and oxygen atoms in total. The summed E-state index contributed by atoms with van der Waals surface area (Å²) in [6.45, 7) is 6.20. The van der Waals surface area contributed by atoms with E-state index in [1.54, 1.807) is 30.4 Å². The van der Waals surface area contributed by atoms with E-state index in [4.69, 9.17) is 23.2 Å². The third-order valence-electron chi connectivity index (χ3n) is 4.24. The highest BCUT2D eigenvalue weighted by Gasteiger charge is 2.32. The molecule has 1 N–H and O–H groups in total. The number of hydrogen-bond acceptors (Lipinski definition) is 2. The summed E-state index contributed by atoms with van der Waals surface area (Å²) in [5.74, 6) is -0.686. The number of nitrogens with zero attached hydrogens (tertiary/aromatic N) is 1. The predicted octanol–water partition coefficient (Wildman–Crippen LogP) is 4.75. The lowest BCUT2D eigenvalue weighted by Gasteiger charge is -2.34. The number of nitrogens with one attached hydrogen (secondary N) is 1. The number of amides is 2. The monoisotopic (exact) mass is 388 g/mol. The van der Waals surface area contributed by atoms with Gasteiger partial charge in [0.15, 0.2) is 0 Å². The van der Waals surface area contributed by atoms with Crippen molar-refractivity contribution >= 4 is 40.7 Å². The highest BCUT2D eigenvalue weighted by atomic mass is 35.5. The lowest BCUT2D eigenvalue weighted by atomic mass is 9.74. The Morgan fingerprint density at radius 1 is 1.19 bits per heavy atom. The van der Waals surface area contributed by atoms with E-state index in [2.05, 4.69) is 31.1 Å². The minimum absolute atomic E-state index is 0.0310. The predicted molar refractivity (Wildman–Crippen MR) is 105 cm³/mol. The molecule has 0 spiro atoms. The van der Waals surface area contributed by atoms with Crippen molar-refractivity contribution in [3.8, 4) is 0 Å². The average molecular weight is 389 g/mol. The summed E-state index contributed by atoms with van der Waals surface area (Å²) in [4.78, 5) is 28.6. The van der Waals surface area contributed by atoms with Gasteiger partial charge in [-0.1, -0.05) is 50.0 Å². The molecular weight excluding hydrogens is 371 g/mol. The molecule has 0 bridgehead atoms. The van der Waals surface area contributed by atoms with E-state index in [0.29, 0.717) is 16.4 Å². The van der Waals surface area contributed by atoms with Crippen molar-refractivity contribution in [2.75, 3.05) is 0 Å². The van der Waals surface area contributed by atoms with E-state index in [1.165, 1.54) is 6.07 Å². The van der Waals surface area contributed by atoms with Gasteiger partial charge in [0.25, 0.3) is 5.91 Å². The summed E-state index contributed by atoms with van der Waals surface area (Å²) >= 11 is 12.0. The van der Waals surface area contributed by atoms with Gasteiger partial charge in [-0.05, 0) is 41.3 Å². The number of carbonyl (C=O) groups excluding carboxylic acids is 2. The number of allylic oxidation sites excluding steroid dienone is 3. The first-order valence-corrected chi connectivity index (χ1v) is 8.91. The number of hydrogen-bond donors (Lipinski definition) is 1. The smallest absolute Gasteiger partial charge is 0.279 e. The molecule has 134 valence electrons.